The van der Waals surface area contributed by atoms with Crippen LogP contribution in [0.5, 0.6) is 5.75 Å². The number of carbonyl (C=O) groups is 1. The summed E-state index contributed by atoms with van der Waals surface area (Å²) in [6.45, 7) is 6.48. The predicted octanol–water partition coefficient (Wildman–Crippen LogP) is 1.87. The number of ether oxygens (including phenoxy) is 1. The van der Waals surface area contributed by atoms with E-state index in [-0.39, 0.29) is 24.6 Å². The lowest BCUT2D eigenvalue weighted by Crippen LogP contribution is -2.35. The first-order valence-corrected chi connectivity index (χ1v) is 6.73. The van der Waals surface area contributed by atoms with Crippen LogP contribution < -0.4 is 15.4 Å². The topological polar surface area (TPSA) is 50.4 Å². The highest BCUT2D eigenvalue weighted by Crippen LogP contribution is 2.25. The molecule has 0 aromatic heterocycles. The normalized spacial score (nSPS) is 11.8. The summed E-state index contributed by atoms with van der Waals surface area (Å²) in [6.07, 6.45) is 5.21. The molecule has 108 valence electrons. The summed E-state index contributed by atoms with van der Waals surface area (Å²) in [6, 6.07) is 7.60. The number of hydrogen-bond acceptors (Lipinski definition) is 3. The van der Waals surface area contributed by atoms with Gasteiger partial charge in [0.15, 0.2) is 0 Å². The van der Waals surface area contributed by atoms with Crippen molar-refractivity contribution in [1.82, 2.24) is 10.6 Å². The number of amides is 1. The molecule has 0 saturated heterocycles. The highest BCUT2D eigenvalue weighted by atomic mass is 16.5. The van der Waals surface area contributed by atoms with Gasteiger partial charge in [-0.2, -0.15) is 0 Å². The highest BCUT2D eigenvalue weighted by molar-refractivity contribution is 5.78. The third kappa shape index (κ3) is 5.33. The molecule has 1 aromatic carbocycles. The Morgan fingerprint density at radius 3 is 2.70 bits per heavy atom. The fourth-order valence-electron chi connectivity index (χ4n) is 1.82. The van der Waals surface area contributed by atoms with E-state index in [1.807, 2.05) is 45.0 Å². The maximum absolute atomic E-state index is 11.8. The molecular weight excluding hydrogens is 252 g/mol. The van der Waals surface area contributed by atoms with Crippen LogP contribution in [0.25, 0.3) is 0 Å². The van der Waals surface area contributed by atoms with Crippen molar-refractivity contribution in [1.29, 1.82) is 0 Å². The Balaban J connectivity index is 2.65. The molecule has 1 aromatic rings. The van der Waals surface area contributed by atoms with Crippen LogP contribution in [0.15, 0.2) is 24.3 Å². The summed E-state index contributed by atoms with van der Waals surface area (Å²) in [5.41, 5.74) is 0.964. The van der Waals surface area contributed by atoms with Crippen molar-refractivity contribution in [2.75, 3.05) is 13.1 Å². The summed E-state index contributed by atoms with van der Waals surface area (Å²) in [5.74, 6) is 3.14. The third-order valence-corrected chi connectivity index (χ3v) is 2.64. The van der Waals surface area contributed by atoms with Crippen LogP contribution in [-0.4, -0.2) is 25.1 Å². The molecule has 4 nitrogen and oxygen atoms in total. The Bertz CT molecular complexity index is 478. The average Bonchev–Trinajstić information content (AvgIpc) is 2.38. The maximum atomic E-state index is 11.8. The van der Waals surface area contributed by atoms with Gasteiger partial charge in [-0.05, 0) is 26.8 Å². The van der Waals surface area contributed by atoms with E-state index in [1.165, 1.54) is 0 Å². The zero-order valence-corrected chi connectivity index (χ0v) is 12.3. The number of benzene rings is 1. The smallest absolute Gasteiger partial charge is 0.234 e. The van der Waals surface area contributed by atoms with Crippen molar-refractivity contribution >= 4 is 5.91 Å². The molecular formula is C16H22N2O2. The van der Waals surface area contributed by atoms with Crippen molar-refractivity contribution in [3.63, 3.8) is 0 Å². The fourth-order valence-corrected chi connectivity index (χ4v) is 1.82. The molecule has 0 radical (unpaired) electrons. The van der Waals surface area contributed by atoms with Gasteiger partial charge < -0.3 is 10.1 Å². The first-order chi connectivity index (χ1) is 9.54. The molecule has 0 saturated carbocycles. The van der Waals surface area contributed by atoms with Crippen molar-refractivity contribution < 1.29 is 9.53 Å². The summed E-state index contributed by atoms with van der Waals surface area (Å²) in [5, 5.41) is 5.78. The molecule has 0 bridgehead atoms. The van der Waals surface area contributed by atoms with E-state index in [0.29, 0.717) is 6.54 Å². The van der Waals surface area contributed by atoms with Crippen molar-refractivity contribution in [3.05, 3.63) is 29.8 Å². The zero-order valence-electron chi connectivity index (χ0n) is 12.3. The number of hydrogen-bond donors (Lipinski definition) is 2. The summed E-state index contributed by atoms with van der Waals surface area (Å²) in [4.78, 5) is 11.8. The van der Waals surface area contributed by atoms with E-state index in [9.17, 15) is 4.79 Å². The van der Waals surface area contributed by atoms with Gasteiger partial charge in [-0.3, -0.25) is 10.1 Å². The molecule has 0 aliphatic rings. The van der Waals surface area contributed by atoms with E-state index in [2.05, 4.69) is 16.6 Å². The summed E-state index contributed by atoms with van der Waals surface area (Å²) >= 11 is 0. The second-order valence-electron chi connectivity index (χ2n) is 4.80. The molecule has 1 rings (SSSR count). The molecule has 0 aliphatic heterocycles. The van der Waals surface area contributed by atoms with Gasteiger partial charge in [0, 0.05) is 5.56 Å². The van der Waals surface area contributed by atoms with E-state index in [0.717, 1.165) is 11.3 Å². The van der Waals surface area contributed by atoms with Crippen LogP contribution in [0.2, 0.25) is 0 Å². The maximum Gasteiger partial charge on any atom is 0.234 e. The van der Waals surface area contributed by atoms with E-state index < -0.39 is 0 Å². The number of nitrogens with one attached hydrogen (secondary N) is 2. The van der Waals surface area contributed by atoms with Crippen molar-refractivity contribution in [3.8, 4) is 18.1 Å². The largest absolute Gasteiger partial charge is 0.491 e. The van der Waals surface area contributed by atoms with Crippen molar-refractivity contribution in [2.45, 2.75) is 32.9 Å². The zero-order chi connectivity index (χ0) is 15.0. The molecule has 0 heterocycles. The Morgan fingerprint density at radius 1 is 1.35 bits per heavy atom. The molecule has 1 amide bonds. The Kier molecular flexibility index (Phi) is 6.61. The van der Waals surface area contributed by atoms with Crippen LogP contribution in [0, 0.1) is 12.3 Å². The van der Waals surface area contributed by atoms with Crippen LogP contribution in [0.4, 0.5) is 0 Å². The summed E-state index contributed by atoms with van der Waals surface area (Å²) < 4.78 is 5.75. The second-order valence-corrected chi connectivity index (χ2v) is 4.80. The molecule has 20 heavy (non-hydrogen) atoms. The SMILES string of the molecule is C#CCNCC(=O)NC(C)c1ccccc1OC(C)C. The monoisotopic (exact) mass is 274 g/mol. The van der Waals surface area contributed by atoms with Gasteiger partial charge in [-0.1, -0.05) is 24.1 Å². The van der Waals surface area contributed by atoms with Gasteiger partial charge in [0.05, 0.1) is 25.2 Å². The van der Waals surface area contributed by atoms with Crippen molar-refractivity contribution in [2.24, 2.45) is 0 Å². The first-order valence-electron chi connectivity index (χ1n) is 6.73. The Morgan fingerprint density at radius 2 is 2.05 bits per heavy atom. The van der Waals surface area contributed by atoms with Gasteiger partial charge in [0.1, 0.15) is 5.75 Å². The van der Waals surface area contributed by atoms with Gasteiger partial charge in [0.25, 0.3) is 0 Å². The van der Waals surface area contributed by atoms with Crippen LogP contribution in [-0.2, 0) is 4.79 Å². The number of carbonyl (C=O) groups excluding carboxylic acids is 1. The van der Waals surface area contributed by atoms with Crippen LogP contribution >= 0.6 is 0 Å². The molecule has 0 spiro atoms. The average molecular weight is 274 g/mol. The van der Waals surface area contributed by atoms with Gasteiger partial charge in [-0.15, -0.1) is 6.42 Å². The molecule has 2 N–H and O–H groups in total. The number of rotatable bonds is 7. The van der Waals surface area contributed by atoms with E-state index in [4.69, 9.17) is 11.2 Å². The molecule has 1 unspecified atom stereocenters. The molecule has 0 fully saturated rings. The molecule has 1 atom stereocenters. The van der Waals surface area contributed by atoms with Crippen LogP contribution in [0.1, 0.15) is 32.4 Å². The Hall–Kier alpha value is -1.99. The lowest BCUT2D eigenvalue weighted by Gasteiger charge is -2.19. The quantitative estimate of drug-likeness (QED) is 0.589. The predicted molar refractivity (Wildman–Crippen MR) is 80.5 cm³/mol. The summed E-state index contributed by atoms with van der Waals surface area (Å²) in [7, 11) is 0. The highest BCUT2D eigenvalue weighted by Gasteiger charge is 2.14. The molecule has 0 aliphatic carbocycles. The van der Waals surface area contributed by atoms with Crippen LogP contribution in [0.3, 0.4) is 0 Å². The van der Waals surface area contributed by atoms with E-state index >= 15 is 0 Å². The first kappa shape index (κ1) is 16.1. The second kappa shape index (κ2) is 8.23. The van der Waals surface area contributed by atoms with Gasteiger partial charge >= 0.3 is 0 Å². The third-order valence-electron chi connectivity index (χ3n) is 2.64. The fraction of sp³-hybridized carbons (Fsp3) is 0.438. The minimum absolute atomic E-state index is 0.0906. The van der Waals surface area contributed by atoms with E-state index in [1.54, 1.807) is 0 Å². The lowest BCUT2D eigenvalue weighted by molar-refractivity contribution is -0.120. The molecule has 4 heteroatoms. The minimum atomic E-state index is -0.120. The van der Waals surface area contributed by atoms with Gasteiger partial charge in [0.2, 0.25) is 5.91 Å². The van der Waals surface area contributed by atoms with Gasteiger partial charge in [-0.25, -0.2) is 0 Å². The number of terminal acetylenes is 1. The standard InChI is InChI=1S/C16H22N2O2/c1-5-10-17-11-16(19)18-13(4)14-8-6-7-9-15(14)20-12(2)3/h1,6-9,12-13,17H,10-11H2,2-4H3,(H,18,19). The number of para-hydroxylation sites is 1. The Labute approximate surface area is 120 Å². The lowest BCUT2D eigenvalue weighted by atomic mass is 10.1. The minimum Gasteiger partial charge on any atom is -0.491 e.